The molecule has 3 aromatic rings. The highest BCUT2D eigenvalue weighted by Crippen LogP contribution is 2.22. The molecule has 0 radical (unpaired) electrons. The van der Waals surface area contributed by atoms with Crippen molar-refractivity contribution in [2.24, 2.45) is 0 Å². The molecule has 0 saturated carbocycles. The predicted molar refractivity (Wildman–Crippen MR) is 118 cm³/mol. The first-order chi connectivity index (χ1) is 14.8. The van der Waals surface area contributed by atoms with E-state index in [1.54, 1.807) is 12.1 Å². The number of ketones is 1. The van der Waals surface area contributed by atoms with Gasteiger partial charge in [-0.3, -0.25) is 9.59 Å². The molecule has 0 aliphatic heterocycles. The zero-order valence-electron chi connectivity index (χ0n) is 17.3. The Morgan fingerprint density at radius 1 is 0.871 bits per heavy atom. The summed E-state index contributed by atoms with van der Waals surface area (Å²) in [4.78, 5) is 23.9. The zero-order chi connectivity index (χ0) is 22.4. The predicted octanol–water partition coefficient (Wildman–Crippen LogP) is 3.71. The van der Waals surface area contributed by atoms with Crippen LogP contribution in [0.5, 0.6) is 5.75 Å². The molecule has 0 aliphatic rings. The fourth-order valence-electron chi connectivity index (χ4n) is 3.03. The van der Waals surface area contributed by atoms with Gasteiger partial charge in [0.25, 0.3) is 0 Å². The van der Waals surface area contributed by atoms with E-state index in [0.717, 1.165) is 15.4 Å². The van der Waals surface area contributed by atoms with Crippen LogP contribution in [0.3, 0.4) is 0 Å². The molecule has 6 nitrogen and oxygen atoms in total. The van der Waals surface area contributed by atoms with Crippen molar-refractivity contribution in [3.8, 4) is 5.75 Å². The van der Waals surface area contributed by atoms with Gasteiger partial charge in [0.2, 0.25) is 10.0 Å². The highest BCUT2D eigenvalue weighted by molar-refractivity contribution is 7.89. The van der Waals surface area contributed by atoms with Crippen molar-refractivity contribution in [3.63, 3.8) is 0 Å². The average Bonchev–Trinajstić information content (AvgIpc) is 2.75. The molecular weight excluding hydrogens is 414 g/mol. The summed E-state index contributed by atoms with van der Waals surface area (Å²) in [5, 5.41) is 0. The van der Waals surface area contributed by atoms with Gasteiger partial charge < -0.3 is 4.74 Å². The third-order valence-corrected chi connectivity index (χ3v) is 6.57. The van der Waals surface area contributed by atoms with Crippen LogP contribution in [0.25, 0.3) is 0 Å². The zero-order valence-corrected chi connectivity index (χ0v) is 18.1. The Kier molecular flexibility index (Phi) is 6.99. The Morgan fingerprint density at radius 2 is 1.48 bits per heavy atom. The van der Waals surface area contributed by atoms with Crippen LogP contribution in [0.2, 0.25) is 0 Å². The van der Waals surface area contributed by atoms with Crippen molar-refractivity contribution in [2.75, 3.05) is 13.6 Å². The lowest BCUT2D eigenvalue weighted by molar-refractivity contribution is -0.134. The minimum absolute atomic E-state index is 0.00252. The Hall–Kier alpha value is -3.29. The van der Waals surface area contributed by atoms with Crippen molar-refractivity contribution in [1.82, 2.24) is 4.31 Å². The van der Waals surface area contributed by atoms with Crippen molar-refractivity contribution >= 4 is 21.8 Å². The van der Waals surface area contributed by atoms with Crippen LogP contribution in [0.1, 0.15) is 28.4 Å². The second kappa shape index (κ2) is 9.68. The molecule has 0 bridgehead atoms. The molecule has 0 heterocycles. The lowest BCUT2D eigenvalue weighted by atomic mass is 10.0. The van der Waals surface area contributed by atoms with E-state index in [4.69, 9.17) is 4.74 Å². The third-order valence-electron chi connectivity index (χ3n) is 4.75. The maximum Gasteiger partial charge on any atom is 0.326 e. The third kappa shape index (κ3) is 5.65. The van der Waals surface area contributed by atoms with Gasteiger partial charge in [0, 0.05) is 19.0 Å². The van der Waals surface area contributed by atoms with Crippen LogP contribution in [0.4, 0.5) is 0 Å². The lowest BCUT2D eigenvalue weighted by Crippen LogP contribution is -2.34. The van der Waals surface area contributed by atoms with E-state index in [0.29, 0.717) is 17.7 Å². The van der Waals surface area contributed by atoms with Gasteiger partial charge in [-0.15, -0.1) is 0 Å². The first-order valence-electron chi connectivity index (χ1n) is 9.67. The molecule has 0 amide bonds. The number of nitrogens with zero attached hydrogens (tertiary/aromatic N) is 1. The molecule has 0 aromatic heterocycles. The van der Waals surface area contributed by atoms with Gasteiger partial charge in [-0.2, -0.15) is 4.31 Å². The molecule has 3 rings (SSSR count). The number of carbonyl (C=O) groups is 2. The average molecular weight is 438 g/mol. The molecule has 160 valence electrons. The second-order valence-corrected chi connectivity index (χ2v) is 9.13. The number of para-hydroxylation sites is 1. The number of sulfonamides is 1. The summed E-state index contributed by atoms with van der Waals surface area (Å²) in [5.74, 6) is -0.449. The Bertz CT molecular complexity index is 1170. The summed E-state index contributed by atoms with van der Waals surface area (Å²) in [5.41, 5.74) is 2.31. The molecule has 3 aromatic carbocycles. The van der Waals surface area contributed by atoms with Crippen molar-refractivity contribution in [1.29, 1.82) is 0 Å². The summed E-state index contributed by atoms with van der Waals surface area (Å²) in [6.45, 7) is 0.956. The van der Waals surface area contributed by atoms with E-state index in [1.165, 1.54) is 38.2 Å². The van der Waals surface area contributed by atoms with Crippen LogP contribution in [0, 0.1) is 0 Å². The number of likely N-dealkylation sites (N-methyl/N-ethyl adjacent to an activating group) is 1. The Balaban J connectivity index is 1.70. The molecule has 0 spiro atoms. The summed E-state index contributed by atoms with van der Waals surface area (Å²) in [6.07, 6.45) is 0.584. The van der Waals surface area contributed by atoms with E-state index in [1.807, 2.05) is 42.5 Å². The maximum atomic E-state index is 12.7. The number of carbonyl (C=O) groups excluding carboxylic acids is 2. The largest absolute Gasteiger partial charge is 0.425 e. The summed E-state index contributed by atoms with van der Waals surface area (Å²) >= 11 is 0. The molecule has 0 fully saturated rings. The highest BCUT2D eigenvalue weighted by atomic mass is 32.2. The van der Waals surface area contributed by atoms with Gasteiger partial charge in [0.15, 0.2) is 5.78 Å². The summed E-state index contributed by atoms with van der Waals surface area (Å²) < 4.78 is 31.9. The molecule has 0 atom stereocenters. The van der Waals surface area contributed by atoms with Crippen LogP contribution in [-0.2, 0) is 21.2 Å². The number of Topliss-reactive ketones (excluding diaryl/α,β-unsaturated/α-hetero) is 1. The molecule has 0 unspecified atom stereocenters. The van der Waals surface area contributed by atoms with Crippen molar-refractivity contribution in [3.05, 3.63) is 95.6 Å². The van der Waals surface area contributed by atoms with E-state index in [2.05, 4.69) is 0 Å². The highest BCUT2D eigenvalue weighted by Gasteiger charge is 2.24. The minimum Gasteiger partial charge on any atom is -0.425 e. The molecule has 0 saturated heterocycles. The topological polar surface area (TPSA) is 80.8 Å². The fourth-order valence-corrected chi connectivity index (χ4v) is 4.14. The monoisotopic (exact) mass is 437 g/mol. The van der Waals surface area contributed by atoms with E-state index >= 15 is 0 Å². The number of ether oxygens (including phenoxy) is 1. The van der Waals surface area contributed by atoms with Crippen LogP contribution in [0.15, 0.2) is 83.8 Å². The fraction of sp³-hybridized carbons (Fsp3) is 0.167. The SMILES string of the molecule is CC(=O)c1ccc(S(=O)(=O)N(C)CC(=O)Oc2ccccc2Cc2ccccc2)cc1. The molecule has 0 N–H and O–H groups in total. The van der Waals surface area contributed by atoms with Gasteiger partial charge >= 0.3 is 5.97 Å². The van der Waals surface area contributed by atoms with Crippen molar-refractivity contribution < 1.29 is 22.7 Å². The quantitative estimate of drug-likeness (QED) is 0.305. The van der Waals surface area contributed by atoms with Crippen LogP contribution < -0.4 is 4.74 Å². The first kappa shape index (κ1) is 22.4. The summed E-state index contributed by atoms with van der Waals surface area (Å²) in [6, 6.07) is 22.5. The van der Waals surface area contributed by atoms with E-state index in [-0.39, 0.29) is 10.7 Å². The number of esters is 1. The van der Waals surface area contributed by atoms with E-state index < -0.39 is 22.5 Å². The standard InChI is InChI=1S/C24H23NO5S/c1-18(26)20-12-14-22(15-13-20)31(28,29)25(2)17-24(27)30-23-11-7-6-10-21(23)16-19-8-4-3-5-9-19/h3-15H,16-17H2,1-2H3. The van der Waals surface area contributed by atoms with Crippen LogP contribution >= 0.6 is 0 Å². The molecule has 7 heteroatoms. The lowest BCUT2D eigenvalue weighted by Gasteiger charge is -2.17. The molecule has 31 heavy (non-hydrogen) atoms. The minimum atomic E-state index is -3.91. The number of benzene rings is 3. The number of rotatable bonds is 8. The van der Waals surface area contributed by atoms with Gasteiger partial charge in [-0.25, -0.2) is 8.42 Å². The van der Waals surface area contributed by atoms with Gasteiger partial charge in [-0.1, -0.05) is 60.7 Å². The maximum absolute atomic E-state index is 12.7. The second-order valence-electron chi connectivity index (χ2n) is 7.09. The molecule has 0 aliphatic carbocycles. The normalized spacial score (nSPS) is 11.3. The Morgan fingerprint density at radius 3 is 2.13 bits per heavy atom. The number of hydrogen-bond acceptors (Lipinski definition) is 5. The van der Waals surface area contributed by atoms with E-state index in [9.17, 15) is 18.0 Å². The van der Waals surface area contributed by atoms with Crippen molar-refractivity contribution in [2.45, 2.75) is 18.2 Å². The first-order valence-corrected chi connectivity index (χ1v) is 11.1. The Labute approximate surface area is 182 Å². The summed E-state index contributed by atoms with van der Waals surface area (Å²) in [7, 11) is -2.60. The smallest absolute Gasteiger partial charge is 0.326 e. The van der Waals surface area contributed by atoms with Gasteiger partial charge in [0.1, 0.15) is 12.3 Å². The van der Waals surface area contributed by atoms with Gasteiger partial charge in [-0.05, 0) is 36.2 Å². The molecular formula is C24H23NO5S. The van der Waals surface area contributed by atoms with Crippen LogP contribution in [-0.4, -0.2) is 38.1 Å². The van der Waals surface area contributed by atoms with Gasteiger partial charge in [0.05, 0.1) is 4.90 Å². The number of hydrogen-bond donors (Lipinski definition) is 0.